The van der Waals surface area contributed by atoms with Crippen molar-refractivity contribution in [3.63, 3.8) is 0 Å². The fourth-order valence-electron chi connectivity index (χ4n) is 23.8. The van der Waals surface area contributed by atoms with Crippen molar-refractivity contribution < 1.29 is 57.5 Å². The molecule has 10 atom stereocenters. The van der Waals surface area contributed by atoms with E-state index in [9.17, 15) is 57.5 Å². The standard InChI is InChI=1S/C37H44BrN5O4.C35H38BrN5O4S.C35H40BrN5O4/c1-23-10-13-35(38)40-29(23)18-33(46)32-19-37-15-14-28(45)9-7-5-4-6-8-27(16-26-12-11-24(2)39-21-26)31-17-30(25(3)44)41-42(31)22-36(47)43(32)34(37)20-37;1-19-10-11-30(36)38-25(19)15-28(44)27-16-35-13-12-22(43)8-6-4-5-7-9-23-33-24(14-26-34(23)46-21(3)37-26)32(20(2)42)39-40(33)18-31(45)41(27)29(35)17-35;1-20-9-10-31(36)38-26(20)16-29(44)28-17-35-13-11-22(43)7-5-3-4-6-8-24-23-12-14-37-27(23)15-25-33(21(2)42)39-40(34(24)25)19-32(45)41(28)30(35)18-35/h10-13,17,21,27,32,34H,4-9,14-16,18-20,22H2,1-3H3;10-11,14,27,29H,4-9,12-13,15-18H2,1-3H3;9-10,15,28,30,37H,3-8,11-14,16-19H2,1-2H3/t27?,32-,34+,37-;27-,29+,35-;28-,30+,35-/m000/s1. The number of thiazole rings is 1. The minimum Gasteiger partial charge on any atom is -0.384 e. The molecule has 10 aromatic rings. The highest BCUT2D eigenvalue weighted by atomic mass is 79.9. The average Bonchev–Trinajstić information content (AvgIpc) is 1.53. The molecule has 6 bridgehead atoms. The highest BCUT2D eigenvalue weighted by Crippen LogP contribution is 2.65. The second-order valence-corrected chi connectivity index (χ2v) is 44.8. The highest BCUT2D eigenvalue weighted by molar-refractivity contribution is 9.11. The first kappa shape index (κ1) is 98.0. The Morgan fingerprint density at radius 1 is 0.442 bits per heavy atom. The van der Waals surface area contributed by atoms with Crippen LogP contribution >= 0.6 is 59.1 Å². The van der Waals surface area contributed by atoms with E-state index >= 15 is 0 Å². The quantitative estimate of drug-likeness (QED) is 0.0780. The third-order valence-electron chi connectivity index (χ3n) is 31.6. The van der Waals surface area contributed by atoms with E-state index in [0.29, 0.717) is 131 Å². The molecule has 31 heteroatoms. The van der Waals surface area contributed by atoms with Gasteiger partial charge in [0.25, 0.3) is 0 Å². The number of pyridine rings is 4. The minimum atomic E-state index is -0.593. The molecule has 1 unspecified atom stereocenters. The van der Waals surface area contributed by atoms with Crippen molar-refractivity contribution in [3.05, 3.63) is 176 Å². The summed E-state index contributed by atoms with van der Waals surface area (Å²) in [4.78, 5) is 191. The Hall–Kier alpha value is -10.2. The molecule has 8 aromatic heterocycles. The predicted octanol–water partition coefficient (Wildman–Crippen LogP) is 18.8. The van der Waals surface area contributed by atoms with E-state index in [-0.39, 0.29) is 149 Å². The molecule has 3 amide bonds. The van der Waals surface area contributed by atoms with E-state index in [0.717, 1.165) is 216 Å². The maximum absolute atomic E-state index is 14.4. The van der Waals surface area contributed by atoms with Gasteiger partial charge in [0.2, 0.25) is 17.7 Å². The summed E-state index contributed by atoms with van der Waals surface area (Å²) in [5.74, 6) is -0.179. The maximum Gasteiger partial charge on any atom is 0.245 e. The van der Waals surface area contributed by atoms with Crippen molar-refractivity contribution in [1.82, 2.24) is 69.0 Å². The van der Waals surface area contributed by atoms with E-state index in [1.807, 2.05) is 106 Å². The van der Waals surface area contributed by atoms with E-state index in [1.54, 1.807) is 35.2 Å². The molecule has 724 valence electrons. The van der Waals surface area contributed by atoms with E-state index in [2.05, 4.69) is 84.2 Å². The molecule has 138 heavy (non-hydrogen) atoms. The van der Waals surface area contributed by atoms with Crippen molar-refractivity contribution in [1.29, 1.82) is 0 Å². The van der Waals surface area contributed by atoms with Gasteiger partial charge < -0.3 is 20.0 Å². The van der Waals surface area contributed by atoms with Gasteiger partial charge in [-0.25, -0.2) is 19.9 Å². The zero-order chi connectivity index (χ0) is 97.1. The SMILES string of the molecule is CC(=O)c1cc2n(n1)CC(=O)N1[C@H](C(=O)Cc3nc(Br)ccc3C)C[C@@]3(CCC(=O)CCCCCCC2Cc2ccc(C)nc2)C[C@@H]13.CC(=O)c1nn2c3c(c4c(cc13)NCC4)CCCCCCC(=O)CC[C@@]13C[C@@H](C(=O)Cc4nc(Br)ccc4C)N(C(=O)C2)[C@@H]1C3.CC(=O)c1nn2c3c(c4sc(C)nc4cc13)CCCCCCC(=O)CC[C@@]13C[C@@H](C(=O)Cc4nc(Br)ccc4C)N(C(=O)C2)[C@@H]1C3. The van der Waals surface area contributed by atoms with Crippen LogP contribution < -0.4 is 5.32 Å². The van der Waals surface area contributed by atoms with Crippen LogP contribution in [-0.4, -0.2) is 182 Å². The molecule has 3 saturated heterocycles. The van der Waals surface area contributed by atoms with Crippen LogP contribution in [0, 0.1) is 50.9 Å². The molecule has 0 spiro atoms. The van der Waals surface area contributed by atoms with E-state index in [1.165, 1.54) is 26.3 Å². The van der Waals surface area contributed by atoms with Gasteiger partial charge in [0.05, 0.1) is 80.7 Å². The number of carbonyl (C=O) groups is 12. The molecule has 3 saturated carbocycles. The van der Waals surface area contributed by atoms with Crippen molar-refractivity contribution in [2.75, 3.05) is 11.9 Å². The first-order chi connectivity index (χ1) is 66.2. The zero-order valence-electron chi connectivity index (χ0n) is 80.2. The van der Waals surface area contributed by atoms with Gasteiger partial charge in [-0.3, -0.25) is 76.6 Å². The molecular weight excluding hydrogens is 1960 g/mol. The van der Waals surface area contributed by atoms with Gasteiger partial charge in [-0.15, -0.1) is 11.3 Å². The Morgan fingerprint density at radius 2 is 0.870 bits per heavy atom. The molecular formula is C107H122Br3N15O12S. The average molecular weight is 2080 g/mol. The summed E-state index contributed by atoms with van der Waals surface area (Å²) in [5, 5.41) is 20.1. The Kier molecular flexibility index (Phi) is 28.9. The summed E-state index contributed by atoms with van der Waals surface area (Å²) in [6.45, 7) is 15.0. The number of nitrogens with zero attached hydrogens (tertiary/aromatic N) is 14. The number of hydrogen-bond acceptors (Lipinski definition) is 22. The number of hydrogen-bond donors (Lipinski definition) is 1. The van der Waals surface area contributed by atoms with Crippen molar-refractivity contribution in [3.8, 4) is 0 Å². The lowest BCUT2D eigenvalue weighted by molar-refractivity contribution is -0.139. The van der Waals surface area contributed by atoms with Crippen LogP contribution in [0.5, 0.6) is 0 Å². The van der Waals surface area contributed by atoms with Crippen LogP contribution in [0.25, 0.3) is 32.0 Å². The molecule has 7 aliphatic heterocycles. The number of Topliss-reactive ketones (excluding diaryl/α,β-unsaturated/α-hetero) is 9. The number of fused-ring (bicyclic) bond motifs is 5. The lowest BCUT2D eigenvalue weighted by Crippen LogP contribution is -2.45. The number of nitrogens with one attached hydrogen (secondary N) is 1. The van der Waals surface area contributed by atoms with Crippen LogP contribution in [0.1, 0.15) is 310 Å². The lowest BCUT2D eigenvalue weighted by Gasteiger charge is -2.27. The minimum absolute atomic E-state index is 0.0202. The predicted molar refractivity (Wildman–Crippen MR) is 536 cm³/mol. The third-order valence-corrected chi connectivity index (χ3v) is 34.0. The number of aromatic nitrogens is 11. The molecule has 3 aliphatic carbocycles. The number of benzene rings is 2. The molecule has 0 radical (unpaired) electrons. The van der Waals surface area contributed by atoms with Gasteiger partial charge in [-0.2, -0.15) is 15.3 Å². The number of anilines is 1. The summed E-state index contributed by atoms with van der Waals surface area (Å²) in [5.41, 5.74) is 15.3. The topological polar surface area (TPSA) is 344 Å². The van der Waals surface area contributed by atoms with Gasteiger partial charge in [0.15, 0.2) is 34.7 Å². The van der Waals surface area contributed by atoms with Gasteiger partial charge in [-0.05, 0) is 302 Å². The number of ketones is 9. The first-order valence-corrected chi connectivity index (χ1v) is 53.0. The normalized spacial score (nSPS) is 24.7. The van der Waals surface area contributed by atoms with E-state index < -0.39 is 18.1 Å². The fraction of sp³-hybridized carbons (Fsp3) is 0.533. The molecule has 2 aromatic carbocycles. The number of amides is 3. The second kappa shape index (κ2) is 40.8. The van der Waals surface area contributed by atoms with Crippen LogP contribution in [0.15, 0.2) is 86.7 Å². The number of halogens is 3. The van der Waals surface area contributed by atoms with Crippen LogP contribution in [0.2, 0.25) is 0 Å². The molecule has 15 heterocycles. The Bertz CT molecular complexity index is 6590. The largest absolute Gasteiger partial charge is 0.384 e. The molecule has 20 rings (SSSR count). The van der Waals surface area contributed by atoms with Crippen LogP contribution in [-0.2, 0) is 108 Å². The summed E-state index contributed by atoms with van der Waals surface area (Å²) in [6.07, 6.45) is 27.2. The van der Waals surface area contributed by atoms with Crippen LogP contribution in [0.4, 0.5) is 5.69 Å². The number of aryl methyl sites for hydroxylation is 7. The maximum atomic E-state index is 14.4. The first-order valence-electron chi connectivity index (χ1n) is 49.8. The van der Waals surface area contributed by atoms with Gasteiger partial charge in [-0.1, -0.05) is 69.2 Å². The number of rotatable bonds is 14. The zero-order valence-corrected chi connectivity index (χ0v) is 85.8. The Labute approximate surface area is 833 Å². The summed E-state index contributed by atoms with van der Waals surface area (Å²) in [6, 6.07) is 19.3. The second-order valence-electron chi connectivity index (χ2n) is 41.1. The highest BCUT2D eigenvalue weighted by Gasteiger charge is 2.69. The van der Waals surface area contributed by atoms with Gasteiger partial charge in [0, 0.05) is 124 Å². The molecule has 10 aliphatic rings. The Morgan fingerprint density at radius 3 is 1.31 bits per heavy atom. The smallest absolute Gasteiger partial charge is 0.245 e. The molecule has 1 N–H and O–H groups in total. The molecule has 6 fully saturated rings. The van der Waals surface area contributed by atoms with Gasteiger partial charge in [0.1, 0.15) is 67.9 Å². The Balaban J connectivity index is 0.000000137. The van der Waals surface area contributed by atoms with Crippen molar-refractivity contribution in [2.24, 2.45) is 16.2 Å². The van der Waals surface area contributed by atoms with Crippen LogP contribution in [0.3, 0.4) is 0 Å². The fourth-order valence-corrected chi connectivity index (χ4v) is 25.8. The van der Waals surface area contributed by atoms with Crippen molar-refractivity contribution in [2.45, 2.75) is 342 Å². The molecule has 27 nitrogen and oxygen atoms in total. The summed E-state index contributed by atoms with van der Waals surface area (Å²) < 4.78 is 8.24. The van der Waals surface area contributed by atoms with Gasteiger partial charge >= 0.3 is 0 Å². The number of piperidine rings is 3. The monoisotopic (exact) mass is 2080 g/mol. The number of carbonyl (C=O) groups excluding carboxylic acids is 12. The third kappa shape index (κ3) is 20.7. The summed E-state index contributed by atoms with van der Waals surface area (Å²) >= 11 is 11.9. The lowest BCUT2D eigenvalue weighted by atomic mass is 9.89. The van der Waals surface area contributed by atoms with E-state index in [4.69, 9.17) is 15.2 Å². The van der Waals surface area contributed by atoms with Crippen molar-refractivity contribution >= 4 is 167 Å². The summed E-state index contributed by atoms with van der Waals surface area (Å²) in [7, 11) is 0.